The molecule has 1 fully saturated rings. The second-order valence-corrected chi connectivity index (χ2v) is 10.2. The molecule has 2 N–H and O–H groups in total. The van der Waals surface area contributed by atoms with E-state index in [-0.39, 0.29) is 17.6 Å². The van der Waals surface area contributed by atoms with Crippen molar-refractivity contribution in [1.29, 1.82) is 0 Å². The van der Waals surface area contributed by atoms with E-state index in [1.165, 1.54) is 16.8 Å². The Labute approximate surface area is 246 Å². The Bertz CT molecular complexity index is 1580. The van der Waals surface area contributed by atoms with E-state index in [1.54, 1.807) is 43.3 Å². The lowest BCUT2D eigenvalue weighted by atomic mass is 10.1. The van der Waals surface area contributed by atoms with E-state index in [0.717, 1.165) is 56.0 Å². The minimum Gasteiger partial charge on any atom is -0.406 e. The first kappa shape index (κ1) is 29.7. The van der Waals surface area contributed by atoms with Gasteiger partial charge in [0.2, 0.25) is 5.95 Å². The first-order valence-electron chi connectivity index (χ1n) is 13.6. The van der Waals surface area contributed by atoms with Gasteiger partial charge in [-0.05, 0) is 67.6 Å². The van der Waals surface area contributed by atoms with Crippen LogP contribution < -0.4 is 15.4 Å². The van der Waals surface area contributed by atoms with E-state index in [2.05, 4.69) is 42.3 Å². The number of likely N-dealkylation sites (N-methyl/N-ethyl adjacent to an activating group) is 1. The fourth-order valence-corrected chi connectivity index (χ4v) is 4.61. The lowest BCUT2D eigenvalue weighted by molar-refractivity contribution is -0.274. The van der Waals surface area contributed by atoms with E-state index in [0.29, 0.717) is 11.1 Å². The average Bonchev–Trinajstić information content (AvgIpc) is 3.36. The summed E-state index contributed by atoms with van der Waals surface area (Å²) in [6.07, 6.45) is -4.85. The first-order valence-corrected chi connectivity index (χ1v) is 13.6. The summed E-state index contributed by atoms with van der Waals surface area (Å²) in [6, 6.07) is 19.0. The van der Waals surface area contributed by atoms with Crippen molar-refractivity contribution in [3.8, 4) is 11.4 Å². The molecule has 0 spiro atoms. The molecule has 0 aliphatic carbocycles. The highest BCUT2D eigenvalue weighted by atomic mass is 19.4. The SMILES string of the molecule is Cc1ccccc1C(=O)Nc1nc(NC(=O)c2ccc(CN3CCN(C)CC3)cc2)nn1-c1ccc(OC(F)(F)F)cc1. The van der Waals surface area contributed by atoms with Gasteiger partial charge in [-0.3, -0.25) is 25.1 Å². The predicted molar refractivity (Wildman–Crippen MR) is 154 cm³/mol. The molecule has 0 unspecified atom stereocenters. The number of benzene rings is 3. The highest BCUT2D eigenvalue weighted by Crippen LogP contribution is 2.25. The number of anilines is 2. The second-order valence-electron chi connectivity index (χ2n) is 10.2. The number of hydrogen-bond acceptors (Lipinski definition) is 7. The Morgan fingerprint density at radius 2 is 1.56 bits per heavy atom. The standard InChI is InChI=1S/C30H30F3N7O3/c1-20-5-3-4-6-25(20)27(42)35-29-36-28(37-40(29)23-11-13-24(14-12-23)43-30(31,32)33)34-26(41)22-9-7-21(8-10-22)19-39-17-15-38(2)16-18-39/h3-14H,15-19H2,1-2H3,(H2,34,35,36,37,41,42). The normalized spacial score (nSPS) is 14.3. The molecule has 0 atom stereocenters. The van der Waals surface area contributed by atoms with Crippen LogP contribution in [-0.2, 0) is 6.54 Å². The largest absolute Gasteiger partial charge is 0.573 e. The molecule has 13 heteroatoms. The molecule has 5 rings (SSSR count). The van der Waals surface area contributed by atoms with E-state index < -0.39 is 23.9 Å². The summed E-state index contributed by atoms with van der Waals surface area (Å²) in [5, 5.41) is 9.63. The number of carbonyl (C=O) groups is 2. The Kier molecular flexibility index (Phi) is 8.73. The predicted octanol–water partition coefficient (Wildman–Crippen LogP) is 4.73. The van der Waals surface area contributed by atoms with Crippen LogP contribution in [0.3, 0.4) is 0 Å². The number of amides is 2. The van der Waals surface area contributed by atoms with E-state index >= 15 is 0 Å². The molecular formula is C30H30F3N7O3. The van der Waals surface area contributed by atoms with Gasteiger partial charge in [-0.15, -0.1) is 18.3 Å². The van der Waals surface area contributed by atoms with Gasteiger partial charge in [0, 0.05) is 43.9 Å². The van der Waals surface area contributed by atoms with Crippen LogP contribution in [0.15, 0.2) is 72.8 Å². The molecule has 0 bridgehead atoms. The van der Waals surface area contributed by atoms with Crippen molar-refractivity contribution in [2.24, 2.45) is 0 Å². The summed E-state index contributed by atoms with van der Waals surface area (Å²) < 4.78 is 43.0. The summed E-state index contributed by atoms with van der Waals surface area (Å²) in [7, 11) is 2.10. The van der Waals surface area contributed by atoms with Gasteiger partial charge in [0.1, 0.15) is 5.75 Å². The highest BCUT2D eigenvalue weighted by Gasteiger charge is 2.31. The number of nitrogens with zero attached hydrogens (tertiary/aromatic N) is 5. The Morgan fingerprint density at radius 3 is 2.21 bits per heavy atom. The third kappa shape index (κ3) is 7.76. The minimum atomic E-state index is -4.85. The van der Waals surface area contributed by atoms with Crippen molar-refractivity contribution in [3.63, 3.8) is 0 Å². The van der Waals surface area contributed by atoms with Crippen LogP contribution in [0.5, 0.6) is 5.75 Å². The molecule has 4 aromatic rings. The molecule has 0 radical (unpaired) electrons. The molecule has 1 saturated heterocycles. The lowest BCUT2D eigenvalue weighted by Gasteiger charge is -2.32. The minimum absolute atomic E-state index is 0.0458. The zero-order chi connectivity index (χ0) is 30.6. The van der Waals surface area contributed by atoms with Crippen LogP contribution in [-0.4, -0.2) is 76.0 Å². The van der Waals surface area contributed by atoms with Crippen LogP contribution in [0.2, 0.25) is 0 Å². The number of aromatic nitrogens is 3. The van der Waals surface area contributed by atoms with Crippen molar-refractivity contribution >= 4 is 23.7 Å². The molecule has 10 nitrogen and oxygen atoms in total. The van der Waals surface area contributed by atoms with Gasteiger partial charge in [0.05, 0.1) is 5.69 Å². The van der Waals surface area contributed by atoms with E-state index in [1.807, 2.05) is 12.1 Å². The summed E-state index contributed by atoms with van der Waals surface area (Å²) in [6.45, 7) is 6.55. The van der Waals surface area contributed by atoms with Crippen molar-refractivity contribution < 1.29 is 27.5 Å². The lowest BCUT2D eigenvalue weighted by Crippen LogP contribution is -2.43. The maximum absolute atomic E-state index is 13.0. The van der Waals surface area contributed by atoms with Gasteiger partial charge >= 0.3 is 6.36 Å². The third-order valence-corrected chi connectivity index (χ3v) is 6.98. The van der Waals surface area contributed by atoms with Crippen molar-refractivity contribution in [2.45, 2.75) is 19.8 Å². The van der Waals surface area contributed by atoms with Gasteiger partial charge in [-0.2, -0.15) is 9.67 Å². The maximum Gasteiger partial charge on any atom is 0.573 e. The molecule has 1 aromatic heterocycles. The second kappa shape index (κ2) is 12.6. The zero-order valence-electron chi connectivity index (χ0n) is 23.6. The van der Waals surface area contributed by atoms with Gasteiger partial charge in [-0.25, -0.2) is 0 Å². The fraction of sp³-hybridized carbons (Fsp3) is 0.267. The Balaban J connectivity index is 1.34. The van der Waals surface area contributed by atoms with Crippen LogP contribution in [0, 0.1) is 6.92 Å². The Hall–Kier alpha value is -4.75. The van der Waals surface area contributed by atoms with E-state index in [4.69, 9.17) is 0 Å². The summed E-state index contributed by atoms with van der Waals surface area (Å²) in [4.78, 5) is 35.0. The molecule has 0 saturated carbocycles. The van der Waals surface area contributed by atoms with Gasteiger partial charge < -0.3 is 9.64 Å². The number of hydrogen-bond donors (Lipinski definition) is 2. The average molecular weight is 594 g/mol. The fourth-order valence-electron chi connectivity index (χ4n) is 4.61. The third-order valence-electron chi connectivity index (χ3n) is 6.98. The van der Waals surface area contributed by atoms with Crippen LogP contribution in [0.4, 0.5) is 25.1 Å². The van der Waals surface area contributed by atoms with E-state index in [9.17, 15) is 22.8 Å². The highest BCUT2D eigenvalue weighted by molar-refractivity contribution is 6.05. The van der Waals surface area contributed by atoms with Gasteiger partial charge in [-0.1, -0.05) is 30.3 Å². The van der Waals surface area contributed by atoms with Gasteiger partial charge in [0.15, 0.2) is 0 Å². The number of aryl methyl sites for hydroxylation is 1. The summed E-state index contributed by atoms with van der Waals surface area (Å²) in [5.41, 5.74) is 2.87. The number of alkyl halides is 3. The van der Waals surface area contributed by atoms with Gasteiger partial charge in [0.25, 0.3) is 17.8 Å². The maximum atomic E-state index is 13.0. The van der Waals surface area contributed by atoms with Crippen LogP contribution >= 0.6 is 0 Å². The molecule has 1 aliphatic heterocycles. The number of piperazine rings is 1. The summed E-state index contributed by atoms with van der Waals surface area (Å²) in [5.74, 6) is -1.52. The van der Waals surface area contributed by atoms with Crippen molar-refractivity contribution in [1.82, 2.24) is 24.6 Å². The number of ether oxygens (including phenoxy) is 1. The number of halogens is 3. The molecule has 2 heterocycles. The number of nitrogens with one attached hydrogen (secondary N) is 2. The van der Waals surface area contributed by atoms with Crippen LogP contribution in [0.25, 0.3) is 5.69 Å². The molecule has 1 aliphatic rings. The summed E-state index contributed by atoms with van der Waals surface area (Å²) >= 11 is 0. The molecule has 224 valence electrons. The van der Waals surface area contributed by atoms with Crippen molar-refractivity contribution in [2.75, 3.05) is 43.9 Å². The quantitative estimate of drug-likeness (QED) is 0.305. The molecule has 3 aromatic carbocycles. The number of rotatable bonds is 8. The topological polar surface area (TPSA) is 105 Å². The smallest absolute Gasteiger partial charge is 0.406 e. The molecular weight excluding hydrogens is 563 g/mol. The zero-order valence-corrected chi connectivity index (χ0v) is 23.6. The molecule has 43 heavy (non-hydrogen) atoms. The number of carbonyl (C=O) groups excluding carboxylic acids is 2. The first-order chi connectivity index (χ1) is 20.5. The van der Waals surface area contributed by atoms with Crippen molar-refractivity contribution in [3.05, 3.63) is 95.1 Å². The molecule has 2 amide bonds. The van der Waals surface area contributed by atoms with Crippen LogP contribution in [0.1, 0.15) is 31.8 Å². The monoisotopic (exact) mass is 593 g/mol. The Morgan fingerprint density at radius 1 is 0.884 bits per heavy atom.